The first-order chi connectivity index (χ1) is 5.70. The molecule has 0 aliphatic heterocycles. The first-order valence-electron chi connectivity index (χ1n) is 4.58. The number of aliphatic hydroxyl groups is 2. The van der Waals surface area contributed by atoms with Gasteiger partial charge < -0.3 is 10.2 Å². The van der Waals surface area contributed by atoms with Crippen molar-refractivity contribution in [2.24, 2.45) is 5.92 Å². The van der Waals surface area contributed by atoms with Gasteiger partial charge in [-0.1, -0.05) is 18.6 Å². The van der Waals surface area contributed by atoms with Crippen molar-refractivity contribution < 1.29 is 10.2 Å². The number of aliphatic hydroxyl groups excluding tert-OH is 2. The Balaban J connectivity index is 3.45. The molecule has 0 aromatic carbocycles. The van der Waals surface area contributed by atoms with Crippen molar-refractivity contribution in [3.8, 4) is 0 Å². The van der Waals surface area contributed by atoms with Gasteiger partial charge in [0, 0.05) is 13.2 Å². The lowest BCUT2D eigenvalue weighted by molar-refractivity contribution is 0.231. The van der Waals surface area contributed by atoms with Gasteiger partial charge in [-0.25, -0.2) is 0 Å². The van der Waals surface area contributed by atoms with Crippen LogP contribution in [-0.4, -0.2) is 23.4 Å². The number of rotatable bonds is 6. The Morgan fingerprint density at radius 3 is 2.58 bits per heavy atom. The summed E-state index contributed by atoms with van der Waals surface area (Å²) in [5, 5.41) is 17.4. The fraction of sp³-hybridized carbons (Fsp3) is 0.800. The molecule has 0 saturated carbocycles. The minimum Gasteiger partial charge on any atom is -0.396 e. The predicted molar refractivity (Wildman–Crippen MR) is 50.9 cm³/mol. The normalized spacial score (nSPS) is 14.8. The molecule has 12 heavy (non-hydrogen) atoms. The Hall–Kier alpha value is -0.340. The van der Waals surface area contributed by atoms with E-state index in [1.54, 1.807) is 0 Å². The lowest BCUT2D eigenvalue weighted by Crippen LogP contribution is -1.99. The van der Waals surface area contributed by atoms with Crippen molar-refractivity contribution in [2.75, 3.05) is 13.2 Å². The highest BCUT2D eigenvalue weighted by atomic mass is 16.3. The molecule has 0 aliphatic rings. The average molecular weight is 172 g/mol. The van der Waals surface area contributed by atoms with Gasteiger partial charge >= 0.3 is 0 Å². The molecular weight excluding hydrogens is 152 g/mol. The standard InChI is InChI=1S/C10H20O2/c1-9(6-7-11)4-3-5-10(2)8-12/h4,10-12H,3,5-8H2,1-2H3/b9-4-. The summed E-state index contributed by atoms with van der Waals surface area (Å²) in [7, 11) is 0. The SMILES string of the molecule is C/C(=C/CCC(C)CO)CCO. The van der Waals surface area contributed by atoms with Gasteiger partial charge in [0.05, 0.1) is 0 Å². The van der Waals surface area contributed by atoms with Crippen LogP contribution in [0, 0.1) is 5.92 Å². The number of allylic oxidation sites excluding steroid dienone is 1. The zero-order chi connectivity index (χ0) is 9.40. The second-order valence-corrected chi connectivity index (χ2v) is 3.39. The summed E-state index contributed by atoms with van der Waals surface area (Å²) >= 11 is 0. The first kappa shape index (κ1) is 11.7. The van der Waals surface area contributed by atoms with E-state index in [1.807, 2.05) is 13.8 Å². The average Bonchev–Trinajstić information content (AvgIpc) is 2.04. The Kier molecular flexibility index (Phi) is 7.11. The van der Waals surface area contributed by atoms with Crippen LogP contribution in [0.4, 0.5) is 0 Å². The molecule has 1 atom stereocenters. The van der Waals surface area contributed by atoms with Gasteiger partial charge in [0.25, 0.3) is 0 Å². The van der Waals surface area contributed by atoms with E-state index in [1.165, 1.54) is 5.57 Å². The molecule has 72 valence electrons. The quantitative estimate of drug-likeness (QED) is 0.599. The predicted octanol–water partition coefficient (Wildman–Crippen LogP) is 1.72. The molecule has 0 aliphatic carbocycles. The van der Waals surface area contributed by atoms with E-state index in [9.17, 15) is 0 Å². The molecule has 0 fully saturated rings. The fourth-order valence-electron chi connectivity index (χ4n) is 0.984. The van der Waals surface area contributed by atoms with E-state index in [-0.39, 0.29) is 13.2 Å². The molecule has 0 radical (unpaired) electrons. The molecule has 0 aromatic heterocycles. The van der Waals surface area contributed by atoms with Gasteiger partial charge in [-0.05, 0) is 32.1 Å². The highest BCUT2D eigenvalue weighted by Gasteiger charge is 1.97. The molecule has 0 spiro atoms. The molecule has 1 unspecified atom stereocenters. The number of hydrogen-bond donors (Lipinski definition) is 2. The smallest absolute Gasteiger partial charge is 0.0468 e. The summed E-state index contributed by atoms with van der Waals surface area (Å²) in [5.41, 5.74) is 1.24. The number of hydrogen-bond acceptors (Lipinski definition) is 2. The lowest BCUT2D eigenvalue weighted by atomic mass is 10.1. The van der Waals surface area contributed by atoms with E-state index in [0.717, 1.165) is 19.3 Å². The Morgan fingerprint density at radius 2 is 2.08 bits per heavy atom. The van der Waals surface area contributed by atoms with Crippen LogP contribution in [0.25, 0.3) is 0 Å². The maximum Gasteiger partial charge on any atom is 0.0468 e. The van der Waals surface area contributed by atoms with Crippen molar-refractivity contribution in [1.82, 2.24) is 0 Å². The van der Waals surface area contributed by atoms with Crippen LogP contribution >= 0.6 is 0 Å². The molecule has 0 heterocycles. The maximum absolute atomic E-state index is 8.74. The largest absolute Gasteiger partial charge is 0.396 e. The third-order valence-electron chi connectivity index (χ3n) is 1.97. The van der Waals surface area contributed by atoms with E-state index >= 15 is 0 Å². The molecule has 2 heteroatoms. The highest BCUT2D eigenvalue weighted by molar-refractivity contribution is 4.97. The Labute approximate surface area is 74.9 Å². The minimum atomic E-state index is 0.234. The zero-order valence-corrected chi connectivity index (χ0v) is 8.08. The topological polar surface area (TPSA) is 40.5 Å². The zero-order valence-electron chi connectivity index (χ0n) is 8.08. The maximum atomic E-state index is 8.74. The molecule has 0 aromatic rings. The molecule has 0 bridgehead atoms. The fourth-order valence-corrected chi connectivity index (χ4v) is 0.984. The third kappa shape index (κ3) is 6.38. The first-order valence-corrected chi connectivity index (χ1v) is 4.58. The van der Waals surface area contributed by atoms with E-state index in [2.05, 4.69) is 6.08 Å². The summed E-state index contributed by atoms with van der Waals surface area (Å²) < 4.78 is 0. The van der Waals surface area contributed by atoms with Crippen molar-refractivity contribution in [2.45, 2.75) is 33.1 Å². The van der Waals surface area contributed by atoms with Gasteiger partial charge in [0.15, 0.2) is 0 Å². The van der Waals surface area contributed by atoms with E-state index in [0.29, 0.717) is 5.92 Å². The summed E-state index contributed by atoms with van der Waals surface area (Å²) in [6.45, 7) is 4.57. The third-order valence-corrected chi connectivity index (χ3v) is 1.97. The molecule has 0 amide bonds. The molecule has 2 nitrogen and oxygen atoms in total. The van der Waals surface area contributed by atoms with Gasteiger partial charge in [-0.2, -0.15) is 0 Å². The van der Waals surface area contributed by atoms with Crippen molar-refractivity contribution in [3.05, 3.63) is 11.6 Å². The summed E-state index contributed by atoms with van der Waals surface area (Å²) in [5.74, 6) is 0.392. The van der Waals surface area contributed by atoms with Gasteiger partial charge in [0.1, 0.15) is 0 Å². The minimum absolute atomic E-state index is 0.234. The van der Waals surface area contributed by atoms with Crippen LogP contribution in [0.1, 0.15) is 33.1 Å². The second kappa shape index (κ2) is 7.32. The van der Waals surface area contributed by atoms with Crippen LogP contribution in [-0.2, 0) is 0 Å². The molecule has 0 rings (SSSR count). The summed E-state index contributed by atoms with van der Waals surface area (Å²) in [6, 6.07) is 0. The van der Waals surface area contributed by atoms with Crippen molar-refractivity contribution in [3.63, 3.8) is 0 Å². The van der Waals surface area contributed by atoms with Crippen molar-refractivity contribution in [1.29, 1.82) is 0 Å². The molecule has 2 N–H and O–H groups in total. The van der Waals surface area contributed by atoms with E-state index < -0.39 is 0 Å². The molecular formula is C10H20O2. The summed E-state index contributed by atoms with van der Waals surface area (Å²) in [4.78, 5) is 0. The Bertz CT molecular complexity index is 130. The van der Waals surface area contributed by atoms with Crippen molar-refractivity contribution >= 4 is 0 Å². The van der Waals surface area contributed by atoms with E-state index in [4.69, 9.17) is 10.2 Å². The monoisotopic (exact) mass is 172 g/mol. The van der Waals surface area contributed by atoms with Crippen LogP contribution < -0.4 is 0 Å². The van der Waals surface area contributed by atoms with Crippen LogP contribution in [0.2, 0.25) is 0 Å². The summed E-state index contributed by atoms with van der Waals surface area (Å²) in [6.07, 6.45) is 4.95. The van der Waals surface area contributed by atoms with Gasteiger partial charge in [-0.15, -0.1) is 0 Å². The Morgan fingerprint density at radius 1 is 1.42 bits per heavy atom. The van der Waals surface area contributed by atoms with Gasteiger partial charge in [0.2, 0.25) is 0 Å². The van der Waals surface area contributed by atoms with Crippen LogP contribution in [0.5, 0.6) is 0 Å². The lowest BCUT2D eigenvalue weighted by Gasteiger charge is -2.04. The van der Waals surface area contributed by atoms with Crippen LogP contribution in [0.15, 0.2) is 11.6 Å². The second-order valence-electron chi connectivity index (χ2n) is 3.39. The molecule has 0 saturated heterocycles. The van der Waals surface area contributed by atoms with Crippen LogP contribution in [0.3, 0.4) is 0 Å². The van der Waals surface area contributed by atoms with Gasteiger partial charge in [-0.3, -0.25) is 0 Å². The highest BCUT2D eigenvalue weighted by Crippen LogP contribution is 2.08.